The number of nitrogens with zero attached hydrogens (tertiary/aromatic N) is 3. The van der Waals surface area contributed by atoms with Gasteiger partial charge in [-0.3, -0.25) is 9.36 Å². The number of carbonyl (C=O) groups excluding carboxylic acids is 2. The third kappa shape index (κ3) is 5.84. The first-order valence-electron chi connectivity index (χ1n) is 8.08. The molecule has 0 atom stereocenters. The third-order valence-corrected chi connectivity index (χ3v) is 4.04. The minimum absolute atomic E-state index is 0. The molecule has 3 aromatic rings. The topological polar surface area (TPSA) is 99.9 Å². The van der Waals surface area contributed by atoms with Gasteiger partial charge in [-0.05, 0) is 49.2 Å². The number of carbonyl (C=O) groups is 2. The monoisotopic (exact) mass is 410 g/mol. The number of fused-ring (bicyclic) bond motifs is 1. The van der Waals surface area contributed by atoms with Crippen molar-refractivity contribution in [3.8, 4) is 11.4 Å². The van der Waals surface area contributed by atoms with Gasteiger partial charge in [0.05, 0.1) is 0 Å². The summed E-state index contributed by atoms with van der Waals surface area (Å²) in [6, 6.07) is 10.8. The van der Waals surface area contributed by atoms with Crippen LogP contribution in [0.15, 0.2) is 42.6 Å². The van der Waals surface area contributed by atoms with Crippen LogP contribution in [0.1, 0.15) is 12.8 Å². The quantitative estimate of drug-likeness (QED) is 0.373. The first-order valence-corrected chi connectivity index (χ1v) is 8.46. The van der Waals surface area contributed by atoms with Gasteiger partial charge in [0.1, 0.15) is 17.9 Å². The molecule has 2 heterocycles. The Morgan fingerprint density at radius 1 is 1.19 bits per heavy atom. The average Bonchev–Trinajstić information content (AvgIpc) is 2.98. The van der Waals surface area contributed by atoms with E-state index in [4.69, 9.17) is 11.6 Å². The molecule has 9 heteroatoms. The number of carboxylic acid groups (broad SMARTS) is 1. The molecule has 0 aliphatic heterocycles. The van der Waals surface area contributed by atoms with Crippen LogP contribution in [0.2, 0.25) is 5.02 Å². The van der Waals surface area contributed by atoms with Crippen molar-refractivity contribution in [1.82, 2.24) is 19.9 Å². The smallest absolute Gasteiger partial charge is 0.550 e. The Morgan fingerprint density at radius 2 is 1.93 bits per heavy atom. The predicted molar refractivity (Wildman–Crippen MR) is 95.2 cm³/mol. The molecule has 0 aliphatic carbocycles. The largest absolute Gasteiger partial charge is 1.00 e. The number of amides is 1. The van der Waals surface area contributed by atoms with Crippen molar-refractivity contribution in [2.45, 2.75) is 19.4 Å². The second-order valence-corrected chi connectivity index (χ2v) is 6.14. The molecule has 0 aliphatic rings. The summed E-state index contributed by atoms with van der Waals surface area (Å²) >= 11 is 5.95. The molecule has 0 saturated carbocycles. The number of rotatable bonds is 7. The van der Waals surface area contributed by atoms with Crippen LogP contribution >= 0.6 is 11.6 Å². The molecule has 7 nitrogen and oxygen atoms in total. The van der Waals surface area contributed by atoms with Gasteiger partial charge in [-0.25, -0.2) is 9.97 Å². The summed E-state index contributed by atoms with van der Waals surface area (Å²) in [5, 5.41) is 13.7. The van der Waals surface area contributed by atoms with Gasteiger partial charge >= 0.3 is 51.4 Å². The van der Waals surface area contributed by atoms with Crippen molar-refractivity contribution >= 4 is 34.6 Å². The maximum absolute atomic E-state index is 12.3. The molecule has 2 aromatic heterocycles. The van der Waals surface area contributed by atoms with Gasteiger partial charge < -0.3 is 15.2 Å². The predicted octanol–water partition coefficient (Wildman–Crippen LogP) is -1.60. The van der Waals surface area contributed by atoms with E-state index in [1.165, 1.54) is 0 Å². The molecule has 0 bridgehead atoms. The fourth-order valence-corrected chi connectivity index (χ4v) is 2.71. The molecule has 1 N–H and O–H groups in total. The zero-order valence-corrected chi connectivity index (χ0v) is 18.7. The molecular weight excluding hydrogens is 395 g/mol. The van der Waals surface area contributed by atoms with Gasteiger partial charge in [0, 0.05) is 29.3 Å². The fourth-order valence-electron chi connectivity index (χ4n) is 2.59. The number of nitrogens with one attached hydrogen (secondary N) is 1. The number of aromatic nitrogens is 3. The zero-order chi connectivity index (χ0) is 18.5. The van der Waals surface area contributed by atoms with Gasteiger partial charge in [0.15, 0.2) is 5.65 Å². The van der Waals surface area contributed by atoms with Crippen LogP contribution in [0.4, 0.5) is 0 Å². The van der Waals surface area contributed by atoms with Crippen molar-refractivity contribution in [2.24, 2.45) is 0 Å². The Labute approximate surface area is 203 Å². The minimum atomic E-state index is -1.13. The summed E-state index contributed by atoms with van der Waals surface area (Å²) in [5.41, 5.74) is 2.10. The Morgan fingerprint density at radius 3 is 2.63 bits per heavy atom. The Bertz CT molecular complexity index is 943. The number of carboxylic acids is 1. The summed E-state index contributed by atoms with van der Waals surface area (Å²) in [6.07, 6.45) is 1.87. The van der Waals surface area contributed by atoms with E-state index in [9.17, 15) is 14.7 Å². The summed E-state index contributed by atoms with van der Waals surface area (Å²) < 4.78 is 1.73. The number of benzene rings is 1. The molecule has 0 radical (unpaired) electrons. The fraction of sp³-hybridized carbons (Fsp3) is 0.222. The first kappa shape index (κ1) is 22.0. The number of pyridine rings is 1. The summed E-state index contributed by atoms with van der Waals surface area (Å²) in [4.78, 5) is 31.6. The SMILES string of the molecule is O=C([O-])CCCNC(=O)Cn1c(-c2ccc(Cl)cc2)nc2cccnc21.[K+]. The molecule has 1 amide bonds. The van der Waals surface area contributed by atoms with Gasteiger partial charge in [-0.2, -0.15) is 0 Å². The minimum Gasteiger partial charge on any atom is -0.550 e. The van der Waals surface area contributed by atoms with Crippen LogP contribution in [0.25, 0.3) is 22.6 Å². The Hall–Kier alpha value is -1.29. The molecule has 0 saturated heterocycles. The van der Waals surface area contributed by atoms with Crippen molar-refractivity contribution in [3.63, 3.8) is 0 Å². The number of halogens is 1. The first-order chi connectivity index (χ1) is 12.5. The van der Waals surface area contributed by atoms with Crippen molar-refractivity contribution in [1.29, 1.82) is 0 Å². The molecule has 134 valence electrons. The van der Waals surface area contributed by atoms with E-state index >= 15 is 0 Å². The maximum Gasteiger partial charge on any atom is 1.00 e. The summed E-state index contributed by atoms with van der Waals surface area (Å²) in [7, 11) is 0. The van der Waals surface area contributed by atoms with E-state index in [1.807, 2.05) is 18.2 Å². The van der Waals surface area contributed by atoms with E-state index < -0.39 is 5.97 Å². The molecule has 0 fully saturated rings. The van der Waals surface area contributed by atoms with E-state index in [1.54, 1.807) is 29.0 Å². The van der Waals surface area contributed by atoms with E-state index in [0.29, 0.717) is 28.4 Å². The second-order valence-electron chi connectivity index (χ2n) is 5.70. The van der Waals surface area contributed by atoms with Crippen molar-refractivity contribution in [2.75, 3.05) is 6.54 Å². The molecule has 0 unspecified atom stereocenters. The summed E-state index contributed by atoms with van der Waals surface area (Å²) in [5.74, 6) is -0.766. The number of aliphatic carboxylic acids is 1. The standard InChI is InChI=1S/C18H17ClN4O3.K/c19-13-7-5-12(6-8-13)17-22-14-3-1-10-21-18(14)23(17)11-15(24)20-9-2-4-16(25)26;/h1,3,5-8,10H,2,4,9,11H2,(H,20,24)(H,25,26);/q;+1/p-1. The maximum atomic E-state index is 12.3. The van der Waals surface area contributed by atoms with Crippen LogP contribution in [-0.2, 0) is 16.1 Å². The van der Waals surface area contributed by atoms with E-state index in [2.05, 4.69) is 15.3 Å². The van der Waals surface area contributed by atoms with Crippen LogP contribution in [0.3, 0.4) is 0 Å². The van der Waals surface area contributed by atoms with E-state index in [-0.39, 0.29) is 76.8 Å². The van der Waals surface area contributed by atoms with Gasteiger partial charge in [-0.15, -0.1) is 0 Å². The van der Waals surface area contributed by atoms with Crippen LogP contribution in [-0.4, -0.2) is 33.0 Å². The molecule has 0 spiro atoms. The van der Waals surface area contributed by atoms with Gasteiger partial charge in [0.25, 0.3) is 0 Å². The van der Waals surface area contributed by atoms with Gasteiger partial charge in [-0.1, -0.05) is 11.6 Å². The van der Waals surface area contributed by atoms with Gasteiger partial charge in [0.2, 0.25) is 5.91 Å². The number of hydrogen-bond acceptors (Lipinski definition) is 5. The molecule has 3 rings (SSSR count). The number of hydrogen-bond donors (Lipinski definition) is 1. The van der Waals surface area contributed by atoms with E-state index in [0.717, 1.165) is 5.56 Å². The van der Waals surface area contributed by atoms with Crippen LogP contribution in [0.5, 0.6) is 0 Å². The van der Waals surface area contributed by atoms with Crippen molar-refractivity contribution in [3.05, 3.63) is 47.6 Å². The average molecular weight is 411 g/mol. The molecule has 27 heavy (non-hydrogen) atoms. The molecular formula is C18H16ClKN4O3. The van der Waals surface area contributed by atoms with Crippen LogP contribution in [0, 0.1) is 0 Å². The Balaban J connectivity index is 0.00000261. The van der Waals surface area contributed by atoms with Crippen LogP contribution < -0.4 is 61.8 Å². The third-order valence-electron chi connectivity index (χ3n) is 3.79. The second kappa shape index (κ2) is 10.3. The molecule has 1 aromatic carbocycles. The Kier molecular flexibility index (Phi) is 8.40. The zero-order valence-electron chi connectivity index (χ0n) is 14.8. The summed E-state index contributed by atoms with van der Waals surface area (Å²) in [6.45, 7) is 0.292. The van der Waals surface area contributed by atoms with Crippen molar-refractivity contribution < 1.29 is 66.1 Å². The number of imidazole rings is 1. The normalized spacial score (nSPS) is 10.4.